The van der Waals surface area contributed by atoms with Crippen LogP contribution in [-0.2, 0) is 4.74 Å². The van der Waals surface area contributed by atoms with Crippen LogP contribution in [-0.4, -0.2) is 29.2 Å². The fourth-order valence-electron chi connectivity index (χ4n) is 2.16. The topological polar surface area (TPSA) is 85.1 Å². The first-order valence-corrected chi connectivity index (χ1v) is 6.38. The summed E-state index contributed by atoms with van der Waals surface area (Å²) in [5, 5.41) is 3.33. The minimum atomic E-state index is 0.396. The molecule has 1 fully saturated rings. The van der Waals surface area contributed by atoms with E-state index in [9.17, 15) is 0 Å². The molecule has 1 saturated heterocycles. The summed E-state index contributed by atoms with van der Waals surface area (Å²) in [5.74, 6) is 7.64. The number of nitrogens with zero attached hydrogens (tertiary/aromatic N) is 2. The number of aryl methyl sites for hydroxylation is 1. The molecule has 1 aliphatic heterocycles. The molecular weight excluding hydrogens is 230 g/mol. The van der Waals surface area contributed by atoms with Gasteiger partial charge in [0.1, 0.15) is 17.5 Å². The molecule has 2 rings (SSSR count). The van der Waals surface area contributed by atoms with E-state index < -0.39 is 0 Å². The summed E-state index contributed by atoms with van der Waals surface area (Å²) < 4.78 is 5.58. The van der Waals surface area contributed by atoms with Gasteiger partial charge in [0.05, 0.1) is 6.10 Å². The second-order valence-corrected chi connectivity index (χ2v) is 4.59. The smallest absolute Gasteiger partial charge is 0.148 e. The van der Waals surface area contributed by atoms with E-state index in [1.165, 1.54) is 12.8 Å². The highest BCUT2D eigenvalue weighted by Crippen LogP contribution is 2.20. The molecule has 0 bridgehead atoms. The van der Waals surface area contributed by atoms with Crippen molar-refractivity contribution in [1.82, 2.24) is 9.97 Å². The van der Waals surface area contributed by atoms with Crippen molar-refractivity contribution >= 4 is 11.6 Å². The van der Waals surface area contributed by atoms with Crippen molar-refractivity contribution in [1.29, 1.82) is 0 Å². The monoisotopic (exact) mass is 251 g/mol. The largest absolute Gasteiger partial charge is 0.378 e. The minimum absolute atomic E-state index is 0.396. The number of nitrogens with one attached hydrogen (secondary N) is 2. The van der Waals surface area contributed by atoms with Gasteiger partial charge in [-0.3, -0.25) is 0 Å². The Labute approximate surface area is 107 Å². The molecule has 1 aromatic rings. The number of hydrazine groups is 1. The lowest BCUT2D eigenvalue weighted by Crippen LogP contribution is -2.16. The molecule has 1 aromatic heterocycles. The number of rotatable bonds is 5. The maximum atomic E-state index is 5.58. The third-order valence-electron chi connectivity index (χ3n) is 3.18. The van der Waals surface area contributed by atoms with E-state index in [1.807, 2.05) is 13.8 Å². The van der Waals surface area contributed by atoms with Gasteiger partial charge in [-0.05, 0) is 33.1 Å². The van der Waals surface area contributed by atoms with Crippen LogP contribution in [0.15, 0.2) is 0 Å². The molecule has 0 spiro atoms. The molecule has 0 amide bonds. The normalized spacial score (nSPS) is 18.9. The average Bonchev–Trinajstić information content (AvgIpc) is 2.86. The van der Waals surface area contributed by atoms with Crippen LogP contribution >= 0.6 is 0 Å². The second kappa shape index (κ2) is 5.97. The molecule has 4 N–H and O–H groups in total. The van der Waals surface area contributed by atoms with Crippen molar-refractivity contribution in [3.8, 4) is 0 Å². The lowest BCUT2D eigenvalue weighted by atomic mass is 10.2. The first-order valence-electron chi connectivity index (χ1n) is 6.38. The van der Waals surface area contributed by atoms with E-state index in [2.05, 4.69) is 20.7 Å². The van der Waals surface area contributed by atoms with Crippen LogP contribution in [0.3, 0.4) is 0 Å². The molecule has 0 saturated carbocycles. The lowest BCUT2D eigenvalue weighted by molar-refractivity contribution is 0.107. The molecule has 0 aromatic carbocycles. The fraction of sp³-hybridized carbons (Fsp3) is 0.667. The van der Waals surface area contributed by atoms with E-state index in [4.69, 9.17) is 10.6 Å². The average molecular weight is 251 g/mol. The lowest BCUT2D eigenvalue weighted by Gasteiger charge is -2.14. The SMILES string of the molecule is Cc1nc(NN)c(C)c(NCCC2CCCO2)n1. The number of ether oxygens (including phenoxy) is 1. The molecule has 1 aliphatic rings. The van der Waals surface area contributed by atoms with Crippen LogP contribution in [0, 0.1) is 13.8 Å². The zero-order chi connectivity index (χ0) is 13.0. The number of nitrogens with two attached hydrogens (primary N) is 1. The van der Waals surface area contributed by atoms with Crippen molar-refractivity contribution in [3.05, 3.63) is 11.4 Å². The first kappa shape index (κ1) is 13.0. The summed E-state index contributed by atoms with van der Waals surface area (Å²) in [6.45, 7) is 5.55. The second-order valence-electron chi connectivity index (χ2n) is 4.59. The van der Waals surface area contributed by atoms with Crippen molar-refractivity contribution < 1.29 is 4.74 Å². The van der Waals surface area contributed by atoms with Gasteiger partial charge in [-0.25, -0.2) is 15.8 Å². The van der Waals surface area contributed by atoms with Crippen molar-refractivity contribution in [2.45, 2.75) is 39.2 Å². The molecule has 0 aliphatic carbocycles. The van der Waals surface area contributed by atoms with E-state index >= 15 is 0 Å². The molecule has 6 heteroatoms. The molecule has 18 heavy (non-hydrogen) atoms. The van der Waals surface area contributed by atoms with Gasteiger partial charge < -0.3 is 15.5 Å². The van der Waals surface area contributed by atoms with Crippen LogP contribution in [0.25, 0.3) is 0 Å². The molecule has 1 unspecified atom stereocenters. The van der Waals surface area contributed by atoms with Gasteiger partial charge in [0.25, 0.3) is 0 Å². The summed E-state index contributed by atoms with van der Waals surface area (Å²) >= 11 is 0. The Balaban J connectivity index is 1.93. The Hall–Kier alpha value is -1.40. The van der Waals surface area contributed by atoms with Gasteiger partial charge in [-0.1, -0.05) is 0 Å². The zero-order valence-electron chi connectivity index (χ0n) is 11.0. The first-order chi connectivity index (χ1) is 8.70. The maximum Gasteiger partial charge on any atom is 0.148 e. The van der Waals surface area contributed by atoms with Gasteiger partial charge in [-0.2, -0.15) is 0 Å². The summed E-state index contributed by atoms with van der Waals surface area (Å²) in [4.78, 5) is 8.61. The summed E-state index contributed by atoms with van der Waals surface area (Å²) in [6, 6.07) is 0. The predicted octanol–water partition coefficient (Wildman–Crippen LogP) is 1.36. The third-order valence-corrected chi connectivity index (χ3v) is 3.18. The Morgan fingerprint density at radius 2 is 2.11 bits per heavy atom. The van der Waals surface area contributed by atoms with Gasteiger partial charge in [0.15, 0.2) is 0 Å². The Kier molecular flexibility index (Phi) is 4.33. The molecule has 100 valence electrons. The number of nitrogen functional groups attached to an aromatic ring is 1. The number of anilines is 2. The Morgan fingerprint density at radius 1 is 1.33 bits per heavy atom. The van der Waals surface area contributed by atoms with E-state index in [0.29, 0.717) is 17.7 Å². The number of hydrogen-bond donors (Lipinski definition) is 3. The van der Waals surface area contributed by atoms with Crippen molar-refractivity contribution in [2.24, 2.45) is 5.84 Å². The van der Waals surface area contributed by atoms with Crippen molar-refractivity contribution in [3.63, 3.8) is 0 Å². The van der Waals surface area contributed by atoms with Gasteiger partial charge in [0, 0.05) is 18.7 Å². The van der Waals surface area contributed by atoms with Crippen molar-refractivity contribution in [2.75, 3.05) is 23.9 Å². The van der Waals surface area contributed by atoms with E-state index in [-0.39, 0.29) is 0 Å². The standard InChI is InChI=1S/C12H21N5O/c1-8-11(15-9(2)16-12(8)17-13)14-6-5-10-4-3-7-18-10/h10H,3-7,13H2,1-2H3,(H2,14,15,16,17). The Morgan fingerprint density at radius 3 is 2.78 bits per heavy atom. The van der Waals surface area contributed by atoms with E-state index in [1.54, 1.807) is 0 Å². The molecule has 1 atom stereocenters. The van der Waals surface area contributed by atoms with Crippen LogP contribution in [0.2, 0.25) is 0 Å². The number of hydrogen-bond acceptors (Lipinski definition) is 6. The number of aromatic nitrogens is 2. The van der Waals surface area contributed by atoms with Crippen LogP contribution in [0.4, 0.5) is 11.6 Å². The van der Waals surface area contributed by atoms with Gasteiger partial charge in [-0.15, -0.1) is 0 Å². The van der Waals surface area contributed by atoms with Gasteiger partial charge >= 0.3 is 0 Å². The van der Waals surface area contributed by atoms with Gasteiger partial charge in [0.2, 0.25) is 0 Å². The minimum Gasteiger partial charge on any atom is -0.378 e. The van der Waals surface area contributed by atoms with Crippen LogP contribution in [0.5, 0.6) is 0 Å². The highest BCUT2D eigenvalue weighted by atomic mass is 16.5. The van der Waals surface area contributed by atoms with Crippen LogP contribution in [0.1, 0.15) is 30.7 Å². The maximum absolute atomic E-state index is 5.58. The van der Waals surface area contributed by atoms with E-state index in [0.717, 1.165) is 31.0 Å². The quantitative estimate of drug-likeness (QED) is 0.541. The Bertz CT molecular complexity index is 404. The molecule has 0 radical (unpaired) electrons. The highest BCUT2D eigenvalue weighted by Gasteiger charge is 2.15. The summed E-state index contributed by atoms with van der Waals surface area (Å²) in [6.07, 6.45) is 3.75. The molecule has 6 nitrogen and oxygen atoms in total. The third kappa shape index (κ3) is 3.08. The highest BCUT2D eigenvalue weighted by molar-refractivity contribution is 5.56. The summed E-state index contributed by atoms with van der Waals surface area (Å²) in [7, 11) is 0. The molecule has 2 heterocycles. The fourth-order valence-corrected chi connectivity index (χ4v) is 2.16. The summed E-state index contributed by atoms with van der Waals surface area (Å²) in [5.41, 5.74) is 3.53. The zero-order valence-corrected chi connectivity index (χ0v) is 11.0. The van der Waals surface area contributed by atoms with Crippen LogP contribution < -0.4 is 16.6 Å². The molecular formula is C12H21N5O. The predicted molar refractivity (Wildman–Crippen MR) is 71.4 cm³/mol.